The van der Waals surface area contributed by atoms with E-state index in [1.165, 1.54) is 0 Å². The average Bonchev–Trinajstić information content (AvgIpc) is 2.56. The molecule has 0 spiro atoms. The van der Waals surface area contributed by atoms with Gasteiger partial charge in [-0.1, -0.05) is 23.7 Å². The molecule has 0 radical (unpaired) electrons. The van der Waals surface area contributed by atoms with Crippen LogP contribution in [0.4, 0.5) is 5.69 Å². The number of rotatable bonds is 3. The van der Waals surface area contributed by atoms with E-state index in [1.807, 2.05) is 24.3 Å². The maximum atomic E-state index is 12.4. The Bertz CT molecular complexity index is 517. The normalized spacial score (nSPS) is 23.3. The molecule has 1 aromatic carbocycles. The second kappa shape index (κ2) is 7.34. The quantitative estimate of drug-likeness (QED) is 0.930. The SMILES string of the molecule is O=C(N[C@@H]1CCCN(c2ccccc2Cl)C1)C1CCOCC1. The number of carbonyl (C=O) groups excluding carboxylic acids is 1. The average molecular weight is 323 g/mol. The first kappa shape index (κ1) is 15.6. The maximum Gasteiger partial charge on any atom is 0.223 e. The van der Waals surface area contributed by atoms with E-state index in [0.29, 0.717) is 13.2 Å². The van der Waals surface area contributed by atoms with E-state index in [1.54, 1.807) is 0 Å². The Morgan fingerprint density at radius 3 is 2.77 bits per heavy atom. The van der Waals surface area contributed by atoms with Crippen molar-refractivity contribution in [1.82, 2.24) is 5.32 Å². The van der Waals surface area contributed by atoms with Crippen LogP contribution in [0.2, 0.25) is 5.02 Å². The van der Waals surface area contributed by atoms with Crippen LogP contribution in [0.15, 0.2) is 24.3 Å². The summed E-state index contributed by atoms with van der Waals surface area (Å²) in [6, 6.07) is 8.12. The molecule has 5 heteroatoms. The van der Waals surface area contributed by atoms with Crippen molar-refractivity contribution in [2.24, 2.45) is 5.92 Å². The Hall–Kier alpha value is -1.26. The minimum absolute atomic E-state index is 0.115. The summed E-state index contributed by atoms with van der Waals surface area (Å²) in [5.74, 6) is 0.304. The molecule has 0 aromatic heterocycles. The van der Waals surface area contributed by atoms with Gasteiger partial charge in [0.1, 0.15) is 0 Å². The zero-order valence-corrected chi connectivity index (χ0v) is 13.5. The summed E-state index contributed by atoms with van der Waals surface area (Å²) in [4.78, 5) is 14.6. The first-order valence-corrected chi connectivity index (χ1v) is 8.49. The van der Waals surface area contributed by atoms with Gasteiger partial charge in [-0.25, -0.2) is 0 Å². The third-order valence-electron chi connectivity index (χ3n) is 4.55. The lowest BCUT2D eigenvalue weighted by molar-refractivity contribution is -0.128. The molecule has 120 valence electrons. The van der Waals surface area contributed by atoms with Crippen LogP contribution < -0.4 is 10.2 Å². The second-order valence-corrected chi connectivity index (χ2v) is 6.54. The number of benzene rings is 1. The number of para-hydroxylation sites is 1. The molecule has 0 saturated carbocycles. The molecule has 2 aliphatic heterocycles. The van der Waals surface area contributed by atoms with E-state index < -0.39 is 0 Å². The van der Waals surface area contributed by atoms with Crippen molar-refractivity contribution in [2.75, 3.05) is 31.2 Å². The zero-order valence-electron chi connectivity index (χ0n) is 12.8. The van der Waals surface area contributed by atoms with E-state index in [4.69, 9.17) is 16.3 Å². The predicted octanol–water partition coefficient (Wildman–Crippen LogP) is 2.85. The third-order valence-corrected chi connectivity index (χ3v) is 4.87. The minimum Gasteiger partial charge on any atom is -0.381 e. The Morgan fingerprint density at radius 1 is 1.23 bits per heavy atom. The molecule has 1 atom stereocenters. The van der Waals surface area contributed by atoms with Gasteiger partial charge in [-0.05, 0) is 37.8 Å². The molecule has 2 aliphatic rings. The Balaban J connectivity index is 1.58. The topological polar surface area (TPSA) is 41.6 Å². The maximum absolute atomic E-state index is 12.4. The largest absolute Gasteiger partial charge is 0.381 e. The van der Waals surface area contributed by atoms with Crippen LogP contribution in [-0.4, -0.2) is 38.3 Å². The first-order valence-electron chi connectivity index (χ1n) is 8.11. The van der Waals surface area contributed by atoms with Gasteiger partial charge in [0.15, 0.2) is 0 Å². The zero-order chi connectivity index (χ0) is 15.4. The number of halogens is 1. The molecule has 1 amide bonds. The molecule has 1 aromatic rings. The van der Waals surface area contributed by atoms with E-state index in [-0.39, 0.29) is 17.9 Å². The Kier molecular flexibility index (Phi) is 5.21. The number of nitrogens with one attached hydrogen (secondary N) is 1. The monoisotopic (exact) mass is 322 g/mol. The highest BCUT2D eigenvalue weighted by atomic mass is 35.5. The van der Waals surface area contributed by atoms with Gasteiger partial charge in [-0.3, -0.25) is 4.79 Å². The van der Waals surface area contributed by atoms with Gasteiger partial charge in [-0.2, -0.15) is 0 Å². The number of hydrogen-bond donors (Lipinski definition) is 1. The molecular weight excluding hydrogens is 300 g/mol. The molecule has 3 rings (SSSR count). The van der Waals surface area contributed by atoms with Crippen molar-refractivity contribution in [3.05, 3.63) is 29.3 Å². The van der Waals surface area contributed by atoms with Gasteiger partial charge < -0.3 is 15.0 Å². The summed E-state index contributed by atoms with van der Waals surface area (Å²) in [6.07, 6.45) is 3.79. The molecule has 0 bridgehead atoms. The fourth-order valence-corrected chi connectivity index (χ4v) is 3.56. The van der Waals surface area contributed by atoms with Gasteiger partial charge in [0.25, 0.3) is 0 Å². The number of hydrogen-bond acceptors (Lipinski definition) is 3. The van der Waals surface area contributed by atoms with Gasteiger partial charge in [0.05, 0.1) is 10.7 Å². The lowest BCUT2D eigenvalue weighted by Crippen LogP contribution is -2.49. The highest BCUT2D eigenvalue weighted by molar-refractivity contribution is 6.33. The molecule has 4 nitrogen and oxygen atoms in total. The molecule has 1 N–H and O–H groups in total. The van der Waals surface area contributed by atoms with E-state index >= 15 is 0 Å². The first-order chi connectivity index (χ1) is 10.7. The fraction of sp³-hybridized carbons (Fsp3) is 0.588. The van der Waals surface area contributed by atoms with Crippen molar-refractivity contribution in [2.45, 2.75) is 31.7 Å². The Morgan fingerprint density at radius 2 is 2.00 bits per heavy atom. The molecule has 22 heavy (non-hydrogen) atoms. The molecule has 2 heterocycles. The van der Waals surface area contributed by atoms with Crippen LogP contribution in [0.3, 0.4) is 0 Å². The Labute approximate surface area is 136 Å². The van der Waals surface area contributed by atoms with Gasteiger partial charge in [0.2, 0.25) is 5.91 Å². The summed E-state index contributed by atoms with van der Waals surface area (Å²) in [5, 5.41) is 4.01. The molecular formula is C17H23ClN2O2. The van der Waals surface area contributed by atoms with Gasteiger partial charge in [-0.15, -0.1) is 0 Å². The molecule has 2 saturated heterocycles. The van der Waals surface area contributed by atoms with E-state index in [0.717, 1.165) is 49.5 Å². The minimum atomic E-state index is 0.115. The molecule has 0 aliphatic carbocycles. The van der Waals surface area contributed by atoms with Crippen molar-refractivity contribution >= 4 is 23.2 Å². The molecule has 0 unspecified atom stereocenters. The smallest absolute Gasteiger partial charge is 0.223 e. The number of carbonyl (C=O) groups is 1. The standard InChI is InChI=1S/C17H23ClN2O2/c18-15-5-1-2-6-16(15)20-9-3-4-14(12-20)19-17(21)13-7-10-22-11-8-13/h1-2,5-6,13-14H,3-4,7-12H2,(H,19,21)/t14-/m1/s1. The fourth-order valence-electron chi connectivity index (χ4n) is 3.30. The van der Waals surface area contributed by atoms with Crippen LogP contribution in [0.5, 0.6) is 0 Å². The van der Waals surface area contributed by atoms with Crippen molar-refractivity contribution < 1.29 is 9.53 Å². The highest BCUT2D eigenvalue weighted by Crippen LogP contribution is 2.28. The van der Waals surface area contributed by atoms with Crippen LogP contribution in [0, 0.1) is 5.92 Å². The summed E-state index contributed by atoms with van der Waals surface area (Å²) in [7, 11) is 0. The van der Waals surface area contributed by atoms with Gasteiger partial charge in [0, 0.05) is 38.3 Å². The number of piperidine rings is 1. The number of amides is 1. The van der Waals surface area contributed by atoms with Crippen molar-refractivity contribution in [3.63, 3.8) is 0 Å². The van der Waals surface area contributed by atoms with Crippen LogP contribution in [-0.2, 0) is 9.53 Å². The van der Waals surface area contributed by atoms with E-state index in [9.17, 15) is 4.79 Å². The van der Waals surface area contributed by atoms with Crippen molar-refractivity contribution in [3.8, 4) is 0 Å². The highest BCUT2D eigenvalue weighted by Gasteiger charge is 2.27. The molecule has 2 fully saturated rings. The van der Waals surface area contributed by atoms with Crippen LogP contribution in [0.25, 0.3) is 0 Å². The number of anilines is 1. The number of ether oxygens (including phenoxy) is 1. The number of nitrogens with zero attached hydrogens (tertiary/aromatic N) is 1. The predicted molar refractivity (Wildman–Crippen MR) is 88.4 cm³/mol. The third kappa shape index (κ3) is 3.73. The van der Waals surface area contributed by atoms with Crippen LogP contribution in [0.1, 0.15) is 25.7 Å². The lowest BCUT2D eigenvalue weighted by Gasteiger charge is -2.36. The summed E-state index contributed by atoms with van der Waals surface area (Å²) >= 11 is 6.29. The lowest BCUT2D eigenvalue weighted by atomic mass is 9.97. The van der Waals surface area contributed by atoms with Crippen LogP contribution >= 0.6 is 11.6 Å². The summed E-state index contributed by atoms with van der Waals surface area (Å²) in [6.45, 7) is 3.23. The van der Waals surface area contributed by atoms with Gasteiger partial charge >= 0.3 is 0 Å². The second-order valence-electron chi connectivity index (χ2n) is 6.13. The van der Waals surface area contributed by atoms with Crippen molar-refractivity contribution in [1.29, 1.82) is 0 Å². The summed E-state index contributed by atoms with van der Waals surface area (Å²) in [5.41, 5.74) is 1.06. The summed E-state index contributed by atoms with van der Waals surface area (Å²) < 4.78 is 5.33. The van der Waals surface area contributed by atoms with E-state index in [2.05, 4.69) is 10.2 Å².